The first-order valence-electron chi connectivity index (χ1n) is 9.32. The summed E-state index contributed by atoms with van der Waals surface area (Å²) in [6.07, 6.45) is 0. The number of carbonyl (C=O) groups excluding carboxylic acids is 1. The molecule has 2 aliphatic heterocycles. The monoisotopic (exact) mass is 402 g/mol. The van der Waals surface area contributed by atoms with Gasteiger partial charge in [0, 0.05) is 18.3 Å². The Bertz CT molecular complexity index is 1020. The highest BCUT2D eigenvalue weighted by Gasteiger charge is 2.49. The van der Waals surface area contributed by atoms with E-state index >= 15 is 0 Å². The van der Waals surface area contributed by atoms with E-state index in [1.165, 1.54) is 12.1 Å². The van der Waals surface area contributed by atoms with E-state index in [0.717, 1.165) is 22.4 Å². The van der Waals surface area contributed by atoms with Gasteiger partial charge in [-0.1, -0.05) is 18.2 Å². The first-order chi connectivity index (χ1) is 13.2. The van der Waals surface area contributed by atoms with Crippen LogP contribution in [0.15, 0.2) is 42.5 Å². The average Bonchev–Trinajstić information content (AvgIpc) is 2.95. The second-order valence-corrected chi connectivity index (χ2v) is 9.93. The maximum atomic E-state index is 13.2. The number of anilines is 1. The highest BCUT2D eigenvalue weighted by Crippen LogP contribution is 2.33. The van der Waals surface area contributed by atoms with Crippen LogP contribution in [0.3, 0.4) is 0 Å². The van der Waals surface area contributed by atoms with E-state index in [4.69, 9.17) is 0 Å². The minimum Gasteiger partial charge on any atom is -0.306 e. The number of benzene rings is 2. The maximum Gasteiger partial charge on any atom is 0.241 e. The lowest BCUT2D eigenvalue weighted by Gasteiger charge is -2.43. The summed E-state index contributed by atoms with van der Waals surface area (Å²) in [5.41, 5.74) is 3.80. The third-order valence-corrected chi connectivity index (χ3v) is 7.47. The second-order valence-electron chi connectivity index (χ2n) is 7.78. The van der Waals surface area contributed by atoms with Crippen LogP contribution < -0.4 is 4.90 Å². The van der Waals surface area contributed by atoms with E-state index < -0.39 is 15.9 Å². The summed E-state index contributed by atoms with van der Waals surface area (Å²) in [6, 6.07) is 11.2. The summed E-state index contributed by atoms with van der Waals surface area (Å²) in [6.45, 7) is 4.55. The van der Waals surface area contributed by atoms with Crippen LogP contribution in [0.2, 0.25) is 0 Å². The Kier molecular flexibility index (Phi) is 4.75. The maximum absolute atomic E-state index is 13.2. The predicted molar refractivity (Wildman–Crippen MR) is 106 cm³/mol. The molecular weight excluding hydrogens is 379 g/mol. The number of halogens is 1. The van der Waals surface area contributed by atoms with Crippen LogP contribution in [0.4, 0.5) is 10.1 Å². The fourth-order valence-corrected chi connectivity index (χ4v) is 6.15. The van der Waals surface area contributed by atoms with Crippen molar-refractivity contribution in [3.8, 4) is 0 Å². The zero-order valence-corrected chi connectivity index (χ0v) is 16.7. The van der Waals surface area contributed by atoms with Gasteiger partial charge < -0.3 is 4.90 Å². The molecule has 2 saturated heterocycles. The Labute approximate surface area is 164 Å². The van der Waals surface area contributed by atoms with Gasteiger partial charge in [-0.25, -0.2) is 12.8 Å². The molecule has 0 radical (unpaired) electrons. The molecule has 2 atom stereocenters. The summed E-state index contributed by atoms with van der Waals surface area (Å²) >= 11 is 0. The Balaban J connectivity index is 1.67. The first kappa shape index (κ1) is 19.1. The number of piperazine rings is 1. The average molecular weight is 402 g/mol. The highest BCUT2D eigenvalue weighted by atomic mass is 32.2. The lowest BCUT2D eigenvalue weighted by Crippen LogP contribution is -2.61. The molecule has 28 heavy (non-hydrogen) atoms. The zero-order valence-electron chi connectivity index (χ0n) is 15.9. The van der Waals surface area contributed by atoms with Crippen LogP contribution >= 0.6 is 0 Å². The minimum atomic E-state index is -3.24. The van der Waals surface area contributed by atoms with Crippen LogP contribution in [-0.4, -0.2) is 49.4 Å². The standard InChI is InChI=1S/C21H23FN2O3S/c1-14-3-8-18(9-15(14)2)24-20-13-28(26,27)12-19(20)23(11-21(24)25)10-16-4-6-17(22)7-5-16/h3-9,19-20H,10-13H2,1-2H3/t19-,20-/m1/s1. The summed E-state index contributed by atoms with van der Waals surface area (Å²) in [5.74, 6) is -0.423. The van der Waals surface area contributed by atoms with E-state index in [9.17, 15) is 17.6 Å². The van der Waals surface area contributed by atoms with Gasteiger partial charge in [0.15, 0.2) is 9.84 Å². The van der Waals surface area contributed by atoms with Crippen LogP contribution in [0.1, 0.15) is 16.7 Å². The molecule has 5 nitrogen and oxygen atoms in total. The number of sulfone groups is 1. The molecule has 0 spiro atoms. The van der Waals surface area contributed by atoms with Crippen LogP contribution in [0, 0.1) is 19.7 Å². The van der Waals surface area contributed by atoms with Crippen molar-refractivity contribution in [3.63, 3.8) is 0 Å². The Morgan fingerprint density at radius 2 is 1.68 bits per heavy atom. The van der Waals surface area contributed by atoms with Gasteiger partial charge in [-0.15, -0.1) is 0 Å². The van der Waals surface area contributed by atoms with E-state index in [1.807, 2.05) is 36.9 Å². The van der Waals surface area contributed by atoms with Crippen molar-refractivity contribution in [1.29, 1.82) is 0 Å². The summed E-state index contributed by atoms with van der Waals surface area (Å²) in [5, 5.41) is 0. The van der Waals surface area contributed by atoms with Crippen molar-refractivity contribution in [2.75, 3.05) is 23.0 Å². The molecule has 0 unspecified atom stereocenters. The molecule has 0 saturated carbocycles. The quantitative estimate of drug-likeness (QED) is 0.791. The predicted octanol–water partition coefficient (Wildman–Crippen LogP) is 2.46. The topological polar surface area (TPSA) is 57.7 Å². The molecule has 0 bridgehead atoms. The number of rotatable bonds is 3. The number of fused-ring (bicyclic) bond motifs is 1. The number of carbonyl (C=O) groups is 1. The number of nitrogens with zero attached hydrogens (tertiary/aromatic N) is 2. The Hall–Kier alpha value is -2.25. The van der Waals surface area contributed by atoms with Gasteiger partial charge in [0.1, 0.15) is 5.82 Å². The van der Waals surface area contributed by atoms with Crippen molar-refractivity contribution in [2.24, 2.45) is 0 Å². The van der Waals surface area contributed by atoms with Crippen molar-refractivity contribution in [1.82, 2.24) is 4.90 Å². The largest absolute Gasteiger partial charge is 0.306 e. The minimum absolute atomic E-state index is 0.0315. The molecule has 148 valence electrons. The summed E-state index contributed by atoms with van der Waals surface area (Å²) in [7, 11) is -3.24. The fourth-order valence-electron chi connectivity index (χ4n) is 4.17. The normalized spacial score (nSPS) is 24.4. The number of amides is 1. The summed E-state index contributed by atoms with van der Waals surface area (Å²) < 4.78 is 38.1. The van der Waals surface area contributed by atoms with Gasteiger partial charge in [0.05, 0.1) is 24.1 Å². The number of aryl methyl sites for hydroxylation is 2. The van der Waals surface area contributed by atoms with Gasteiger partial charge >= 0.3 is 0 Å². The van der Waals surface area contributed by atoms with Crippen LogP contribution in [-0.2, 0) is 21.2 Å². The van der Waals surface area contributed by atoms with E-state index in [-0.39, 0.29) is 35.8 Å². The molecule has 2 aliphatic rings. The smallest absolute Gasteiger partial charge is 0.241 e. The Morgan fingerprint density at radius 3 is 2.36 bits per heavy atom. The SMILES string of the molecule is Cc1ccc(N2C(=O)CN(Cc3ccc(F)cc3)[C@@H]3CS(=O)(=O)C[C@H]32)cc1C. The molecule has 0 aromatic heterocycles. The molecule has 0 N–H and O–H groups in total. The molecular formula is C21H23FN2O3S. The molecule has 0 aliphatic carbocycles. The Morgan fingerprint density at radius 1 is 1.00 bits per heavy atom. The van der Waals surface area contributed by atoms with Gasteiger partial charge in [0.25, 0.3) is 0 Å². The van der Waals surface area contributed by atoms with Crippen LogP contribution in [0.25, 0.3) is 0 Å². The van der Waals surface area contributed by atoms with Crippen LogP contribution in [0.5, 0.6) is 0 Å². The third-order valence-electron chi connectivity index (χ3n) is 5.77. The highest BCUT2D eigenvalue weighted by molar-refractivity contribution is 7.91. The first-order valence-corrected chi connectivity index (χ1v) is 11.1. The summed E-state index contributed by atoms with van der Waals surface area (Å²) in [4.78, 5) is 16.6. The van der Waals surface area contributed by atoms with Gasteiger partial charge in [-0.3, -0.25) is 9.69 Å². The molecule has 4 rings (SSSR count). The lowest BCUT2D eigenvalue weighted by molar-refractivity contribution is -0.123. The molecule has 2 heterocycles. The molecule has 2 fully saturated rings. The molecule has 2 aromatic carbocycles. The van der Waals surface area contributed by atoms with Crippen molar-refractivity contribution >= 4 is 21.4 Å². The van der Waals surface area contributed by atoms with E-state index in [2.05, 4.69) is 0 Å². The zero-order chi connectivity index (χ0) is 20.1. The third kappa shape index (κ3) is 3.56. The molecule has 7 heteroatoms. The van der Waals surface area contributed by atoms with E-state index in [1.54, 1.807) is 17.0 Å². The van der Waals surface area contributed by atoms with E-state index in [0.29, 0.717) is 6.54 Å². The second kappa shape index (κ2) is 6.97. The van der Waals surface area contributed by atoms with Crippen molar-refractivity contribution < 1.29 is 17.6 Å². The van der Waals surface area contributed by atoms with Gasteiger partial charge in [-0.2, -0.15) is 0 Å². The number of hydrogen-bond acceptors (Lipinski definition) is 4. The fraction of sp³-hybridized carbons (Fsp3) is 0.381. The molecule has 2 aromatic rings. The van der Waals surface area contributed by atoms with Crippen molar-refractivity contribution in [2.45, 2.75) is 32.5 Å². The van der Waals surface area contributed by atoms with Gasteiger partial charge in [0.2, 0.25) is 5.91 Å². The van der Waals surface area contributed by atoms with Crippen molar-refractivity contribution in [3.05, 3.63) is 65.0 Å². The molecule has 1 amide bonds. The van der Waals surface area contributed by atoms with Gasteiger partial charge in [-0.05, 0) is 54.8 Å². The number of hydrogen-bond donors (Lipinski definition) is 0. The lowest BCUT2D eigenvalue weighted by atomic mass is 10.0.